The van der Waals surface area contributed by atoms with Gasteiger partial charge in [-0.3, -0.25) is 4.99 Å². The van der Waals surface area contributed by atoms with Crippen molar-refractivity contribution < 1.29 is 9.26 Å². The Morgan fingerprint density at radius 1 is 1.24 bits per heavy atom. The molecule has 2 rings (SSSR count). The van der Waals surface area contributed by atoms with E-state index in [1.165, 1.54) is 37.7 Å². The lowest BCUT2D eigenvalue weighted by Crippen LogP contribution is -2.38. The van der Waals surface area contributed by atoms with Crippen LogP contribution in [0.5, 0.6) is 0 Å². The molecule has 1 aliphatic carbocycles. The summed E-state index contributed by atoms with van der Waals surface area (Å²) < 4.78 is 11.2. The van der Waals surface area contributed by atoms with E-state index in [-0.39, 0.29) is 0 Å². The van der Waals surface area contributed by atoms with E-state index in [1.54, 1.807) is 0 Å². The number of aromatic nitrogens is 1. The van der Waals surface area contributed by atoms with E-state index in [9.17, 15) is 0 Å². The summed E-state index contributed by atoms with van der Waals surface area (Å²) >= 11 is 0. The van der Waals surface area contributed by atoms with Crippen LogP contribution < -0.4 is 10.6 Å². The van der Waals surface area contributed by atoms with Gasteiger partial charge >= 0.3 is 0 Å². The Morgan fingerprint density at radius 3 is 2.72 bits per heavy atom. The second kappa shape index (κ2) is 11.1. The number of hydrogen-bond acceptors (Lipinski definition) is 4. The highest BCUT2D eigenvalue weighted by molar-refractivity contribution is 5.79. The van der Waals surface area contributed by atoms with Crippen LogP contribution in [0.4, 0.5) is 0 Å². The van der Waals surface area contributed by atoms with E-state index in [0.717, 1.165) is 56.5 Å². The Kier molecular flexibility index (Phi) is 8.80. The fourth-order valence-corrected chi connectivity index (χ4v) is 3.24. The summed E-state index contributed by atoms with van der Waals surface area (Å²) in [4.78, 5) is 4.64. The van der Waals surface area contributed by atoms with Gasteiger partial charge in [0.05, 0.1) is 11.8 Å². The Balaban J connectivity index is 1.65. The Morgan fingerprint density at radius 2 is 2.04 bits per heavy atom. The van der Waals surface area contributed by atoms with E-state index < -0.39 is 0 Å². The van der Waals surface area contributed by atoms with Crippen molar-refractivity contribution >= 4 is 5.96 Å². The first-order valence-corrected chi connectivity index (χ1v) is 9.76. The van der Waals surface area contributed by atoms with Crippen LogP contribution in [0.1, 0.15) is 62.5 Å². The summed E-state index contributed by atoms with van der Waals surface area (Å²) in [6.45, 7) is 9.29. The van der Waals surface area contributed by atoms with Gasteiger partial charge in [0.2, 0.25) is 0 Å². The Hall–Kier alpha value is -1.56. The van der Waals surface area contributed by atoms with Crippen molar-refractivity contribution in [3.63, 3.8) is 0 Å². The molecule has 0 saturated heterocycles. The minimum absolute atomic E-state index is 0.485. The largest absolute Gasteiger partial charge is 0.378 e. The van der Waals surface area contributed by atoms with Gasteiger partial charge in [0.25, 0.3) is 0 Å². The average Bonchev–Trinajstić information content (AvgIpc) is 2.94. The van der Waals surface area contributed by atoms with E-state index in [4.69, 9.17) is 9.26 Å². The zero-order chi connectivity index (χ0) is 17.9. The molecule has 1 aromatic heterocycles. The predicted molar refractivity (Wildman–Crippen MR) is 101 cm³/mol. The Labute approximate surface area is 151 Å². The molecule has 0 amide bonds. The van der Waals surface area contributed by atoms with Gasteiger partial charge in [-0.05, 0) is 46.5 Å². The van der Waals surface area contributed by atoms with Crippen LogP contribution in [-0.2, 0) is 11.2 Å². The quantitative estimate of drug-likeness (QED) is 0.407. The summed E-state index contributed by atoms with van der Waals surface area (Å²) in [5, 5.41) is 10.7. The van der Waals surface area contributed by atoms with Gasteiger partial charge in [0.15, 0.2) is 5.96 Å². The number of hydrogen-bond donors (Lipinski definition) is 2. The number of guanidine groups is 1. The number of aryl methyl sites for hydroxylation is 2. The van der Waals surface area contributed by atoms with Crippen molar-refractivity contribution in [2.24, 2.45) is 4.99 Å². The normalized spacial score (nSPS) is 16.2. The summed E-state index contributed by atoms with van der Waals surface area (Å²) in [7, 11) is 0. The van der Waals surface area contributed by atoms with Gasteiger partial charge in [-0.1, -0.05) is 24.4 Å². The summed E-state index contributed by atoms with van der Waals surface area (Å²) in [5.74, 6) is 1.77. The first-order chi connectivity index (χ1) is 12.2. The molecule has 0 atom stereocenters. The highest BCUT2D eigenvalue weighted by Gasteiger charge is 2.13. The second-order valence-corrected chi connectivity index (χ2v) is 6.72. The van der Waals surface area contributed by atoms with Crippen molar-refractivity contribution in [3.05, 3.63) is 17.0 Å². The third-order valence-electron chi connectivity index (χ3n) is 4.67. The molecule has 1 saturated carbocycles. The minimum atomic E-state index is 0.485. The van der Waals surface area contributed by atoms with Gasteiger partial charge in [-0.25, -0.2) is 0 Å². The van der Waals surface area contributed by atoms with Crippen LogP contribution in [0.25, 0.3) is 0 Å². The van der Waals surface area contributed by atoms with Crippen molar-refractivity contribution in [1.29, 1.82) is 0 Å². The number of nitrogens with one attached hydrogen (secondary N) is 2. The van der Waals surface area contributed by atoms with Crippen LogP contribution in [-0.4, -0.2) is 43.5 Å². The number of aliphatic imine (C=N–C) groups is 1. The molecule has 1 heterocycles. The monoisotopic (exact) mass is 350 g/mol. The summed E-state index contributed by atoms with van der Waals surface area (Å²) in [6.07, 6.45) is 8.82. The van der Waals surface area contributed by atoms with Crippen LogP contribution in [0.3, 0.4) is 0 Å². The van der Waals surface area contributed by atoms with E-state index in [1.807, 2.05) is 13.8 Å². The fraction of sp³-hybridized carbons (Fsp3) is 0.789. The van der Waals surface area contributed by atoms with E-state index in [2.05, 4.69) is 27.7 Å². The molecule has 2 N–H and O–H groups in total. The van der Waals surface area contributed by atoms with Crippen LogP contribution in [0, 0.1) is 13.8 Å². The van der Waals surface area contributed by atoms with Crippen molar-refractivity contribution in [1.82, 2.24) is 15.8 Å². The number of nitrogens with zero attached hydrogens (tertiary/aromatic N) is 2. The SMILES string of the molecule is CCNC(=NCCCOC1CCCCC1)NCCc1c(C)noc1C. The lowest BCUT2D eigenvalue weighted by molar-refractivity contribution is 0.0281. The van der Waals surface area contributed by atoms with Gasteiger partial charge in [0, 0.05) is 31.8 Å². The third-order valence-corrected chi connectivity index (χ3v) is 4.67. The smallest absolute Gasteiger partial charge is 0.191 e. The van der Waals surface area contributed by atoms with Crippen LogP contribution in [0.15, 0.2) is 9.52 Å². The third kappa shape index (κ3) is 7.06. The zero-order valence-electron chi connectivity index (χ0n) is 16.1. The molecule has 0 aromatic carbocycles. The molecule has 1 aliphatic rings. The lowest BCUT2D eigenvalue weighted by Gasteiger charge is -2.21. The van der Waals surface area contributed by atoms with E-state index in [0.29, 0.717) is 6.10 Å². The lowest BCUT2D eigenvalue weighted by atomic mass is 9.98. The molecule has 142 valence electrons. The maximum absolute atomic E-state index is 5.95. The van der Waals surface area contributed by atoms with Crippen LogP contribution in [0.2, 0.25) is 0 Å². The summed E-state index contributed by atoms with van der Waals surface area (Å²) in [5.41, 5.74) is 2.16. The maximum atomic E-state index is 5.95. The first kappa shape index (κ1) is 19.8. The molecule has 1 fully saturated rings. The van der Waals surface area contributed by atoms with Crippen LogP contribution >= 0.6 is 0 Å². The molecule has 0 aliphatic heterocycles. The molecule has 25 heavy (non-hydrogen) atoms. The van der Waals surface area contributed by atoms with Crippen molar-refractivity contribution in [3.8, 4) is 0 Å². The molecular formula is C19H34N4O2. The van der Waals surface area contributed by atoms with Crippen molar-refractivity contribution in [2.45, 2.75) is 71.8 Å². The van der Waals surface area contributed by atoms with Crippen molar-refractivity contribution in [2.75, 3.05) is 26.2 Å². The zero-order valence-corrected chi connectivity index (χ0v) is 16.1. The molecule has 0 radical (unpaired) electrons. The standard InChI is InChI=1S/C19H34N4O2/c1-4-20-19(22-13-11-18-15(2)23-25-16(18)3)21-12-8-14-24-17-9-6-5-7-10-17/h17H,4-14H2,1-3H3,(H2,20,21,22). The molecule has 6 nitrogen and oxygen atoms in total. The Bertz CT molecular complexity index is 502. The van der Waals surface area contributed by atoms with Gasteiger partial charge in [0.1, 0.15) is 5.76 Å². The highest BCUT2D eigenvalue weighted by atomic mass is 16.5. The topological polar surface area (TPSA) is 71.7 Å². The molecule has 0 unspecified atom stereocenters. The van der Waals surface area contributed by atoms with Gasteiger partial charge in [-0.15, -0.1) is 0 Å². The van der Waals surface area contributed by atoms with Gasteiger partial charge in [-0.2, -0.15) is 0 Å². The molecular weight excluding hydrogens is 316 g/mol. The fourth-order valence-electron chi connectivity index (χ4n) is 3.24. The van der Waals surface area contributed by atoms with E-state index >= 15 is 0 Å². The van der Waals surface area contributed by atoms with Gasteiger partial charge < -0.3 is 19.9 Å². The molecule has 6 heteroatoms. The number of ether oxygens (including phenoxy) is 1. The minimum Gasteiger partial charge on any atom is -0.378 e. The molecule has 0 spiro atoms. The predicted octanol–water partition coefficient (Wildman–Crippen LogP) is 3.13. The second-order valence-electron chi connectivity index (χ2n) is 6.72. The summed E-state index contributed by atoms with van der Waals surface area (Å²) in [6, 6.07) is 0. The molecule has 1 aromatic rings. The average molecular weight is 351 g/mol. The maximum Gasteiger partial charge on any atom is 0.191 e. The first-order valence-electron chi connectivity index (χ1n) is 9.76. The molecule has 0 bridgehead atoms. The number of rotatable bonds is 9. The highest BCUT2D eigenvalue weighted by Crippen LogP contribution is 2.20.